The number of hydrogen-bond acceptors (Lipinski definition) is 6. The molecule has 0 aliphatic carbocycles. The number of amides is 1. The van der Waals surface area contributed by atoms with E-state index in [0.717, 1.165) is 0 Å². The van der Waals surface area contributed by atoms with E-state index in [1.54, 1.807) is 33.8 Å². The highest BCUT2D eigenvalue weighted by molar-refractivity contribution is 5.98. The minimum absolute atomic E-state index is 0.000546. The highest BCUT2D eigenvalue weighted by Gasteiger charge is 2.30. The summed E-state index contributed by atoms with van der Waals surface area (Å²) >= 11 is 0. The van der Waals surface area contributed by atoms with Crippen LogP contribution in [0.15, 0.2) is 16.7 Å². The second kappa shape index (κ2) is 7.60. The van der Waals surface area contributed by atoms with Gasteiger partial charge in [0.15, 0.2) is 5.76 Å². The molecular formula is C20H28N2O5. The number of aromatic hydroxyl groups is 2. The third-order valence-corrected chi connectivity index (χ3v) is 4.35. The van der Waals surface area contributed by atoms with Gasteiger partial charge in [-0.25, -0.2) is 0 Å². The molecule has 0 fully saturated rings. The Morgan fingerprint density at radius 1 is 1.22 bits per heavy atom. The SMILES string of the molecule is CCC(O)c1noc(-c2cc(C(C)C)c(O)cc2O)c1NC(=O)C(C)(C)C. The molecule has 1 heterocycles. The van der Waals surface area contributed by atoms with E-state index in [0.29, 0.717) is 12.0 Å². The molecule has 1 aromatic carbocycles. The number of carbonyl (C=O) groups is 1. The Kier molecular flexibility index (Phi) is 5.85. The molecule has 1 unspecified atom stereocenters. The lowest BCUT2D eigenvalue weighted by atomic mass is 9.94. The molecule has 1 aromatic heterocycles. The van der Waals surface area contributed by atoms with Crippen LogP contribution in [0.25, 0.3) is 11.3 Å². The molecule has 0 aliphatic heterocycles. The predicted molar refractivity (Wildman–Crippen MR) is 103 cm³/mol. The van der Waals surface area contributed by atoms with Crippen LogP contribution in [-0.2, 0) is 4.79 Å². The monoisotopic (exact) mass is 376 g/mol. The molecule has 2 aromatic rings. The Morgan fingerprint density at radius 3 is 2.37 bits per heavy atom. The number of rotatable bonds is 5. The summed E-state index contributed by atoms with van der Waals surface area (Å²) in [5.74, 6) is -0.384. The van der Waals surface area contributed by atoms with Crippen molar-refractivity contribution in [1.29, 1.82) is 0 Å². The van der Waals surface area contributed by atoms with E-state index in [1.165, 1.54) is 6.07 Å². The highest BCUT2D eigenvalue weighted by atomic mass is 16.5. The minimum atomic E-state index is -0.929. The zero-order chi connectivity index (χ0) is 20.5. The third kappa shape index (κ3) is 4.24. The maximum atomic E-state index is 12.5. The molecule has 0 spiro atoms. The van der Waals surface area contributed by atoms with Gasteiger partial charge in [0.05, 0.1) is 5.56 Å². The number of nitrogens with zero attached hydrogens (tertiary/aromatic N) is 1. The quantitative estimate of drug-likeness (QED) is 0.618. The largest absolute Gasteiger partial charge is 0.508 e. The molecule has 148 valence electrons. The lowest BCUT2D eigenvalue weighted by molar-refractivity contribution is -0.123. The Hall–Kier alpha value is -2.54. The molecular weight excluding hydrogens is 348 g/mol. The van der Waals surface area contributed by atoms with Crippen LogP contribution in [0.3, 0.4) is 0 Å². The van der Waals surface area contributed by atoms with E-state index < -0.39 is 11.5 Å². The van der Waals surface area contributed by atoms with Crippen molar-refractivity contribution in [3.8, 4) is 22.8 Å². The van der Waals surface area contributed by atoms with Crippen molar-refractivity contribution in [3.63, 3.8) is 0 Å². The molecule has 0 aliphatic rings. The van der Waals surface area contributed by atoms with Gasteiger partial charge in [0, 0.05) is 11.5 Å². The molecule has 2 rings (SSSR count). The fourth-order valence-corrected chi connectivity index (χ4v) is 2.57. The number of aromatic nitrogens is 1. The molecule has 4 N–H and O–H groups in total. The molecule has 7 heteroatoms. The van der Waals surface area contributed by atoms with Gasteiger partial charge < -0.3 is 25.2 Å². The standard InChI is InChI=1S/C20H28N2O5/c1-7-13(23)16-17(21-19(26)20(4,5)6)18(27-22-16)12-8-11(10(2)3)14(24)9-15(12)25/h8-10,13,23-25H,7H2,1-6H3,(H,21,26). The number of hydrogen-bond donors (Lipinski definition) is 4. The first-order chi connectivity index (χ1) is 12.5. The summed E-state index contributed by atoms with van der Waals surface area (Å²) in [6.07, 6.45) is -0.551. The van der Waals surface area contributed by atoms with Crippen molar-refractivity contribution in [1.82, 2.24) is 5.16 Å². The number of aliphatic hydroxyl groups excluding tert-OH is 1. The van der Waals surface area contributed by atoms with Crippen LogP contribution in [0.5, 0.6) is 11.5 Å². The van der Waals surface area contributed by atoms with Crippen LogP contribution >= 0.6 is 0 Å². The van der Waals surface area contributed by atoms with E-state index in [9.17, 15) is 20.1 Å². The number of aliphatic hydroxyl groups is 1. The summed E-state index contributed by atoms with van der Waals surface area (Å²) in [5.41, 5.74) is 0.639. The molecule has 0 bridgehead atoms. The van der Waals surface area contributed by atoms with Gasteiger partial charge in [0.25, 0.3) is 0 Å². The Balaban J connectivity index is 2.66. The van der Waals surface area contributed by atoms with Crippen LogP contribution in [0, 0.1) is 5.41 Å². The summed E-state index contributed by atoms with van der Waals surface area (Å²) in [4.78, 5) is 12.5. The summed E-state index contributed by atoms with van der Waals surface area (Å²) in [6.45, 7) is 10.9. The Morgan fingerprint density at radius 2 is 1.85 bits per heavy atom. The van der Waals surface area contributed by atoms with Crippen molar-refractivity contribution in [3.05, 3.63) is 23.4 Å². The maximum Gasteiger partial charge on any atom is 0.229 e. The molecule has 0 radical (unpaired) electrons. The van der Waals surface area contributed by atoms with Crippen molar-refractivity contribution >= 4 is 11.6 Å². The minimum Gasteiger partial charge on any atom is -0.508 e. The summed E-state index contributed by atoms with van der Waals surface area (Å²) in [7, 11) is 0. The van der Waals surface area contributed by atoms with Crippen LogP contribution in [0.4, 0.5) is 5.69 Å². The van der Waals surface area contributed by atoms with Crippen molar-refractivity contribution in [2.24, 2.45) is 5.41 Å². The molecule has 27 heavy (non-hydrogen) atoms. The zero-order valence-corrected chi connectivity index (χ0v) is 16.6. The number of benzene rings is 1. The lowest BCUT2D eigenvalue weighted by Crippen LogP contribution is -2.28. The Labute approximate surface area is 159 Å². The first-order valence-electron chi connectivity index (χ1n) is 9.02. The summed E-state index contributed by atoms with van der Waals surface area (Å²) in [5, 5.41) is 37.4. The van der Waals surface area contributed by atoms with Gasteiger partial charge in [-0.05, 0) is 24.0 Å². The van der Waals surface area contributed by atoms with E-state index in [-0.39, 0.29) is 46.0 Å². The van der Waals surface area contributed by atoms with Gasteiger partial charge in [0.2, 0.25) is 5.91 Å². The van der Waals surface area contributed by atoms with Crippen LogP contribution in [-0.4, -0.2) is 26.4 Å². The average molecular weight is 376 g/mol. The van der Waals surface area contributed by atoms with Crippen molar-refractivity contribution in [2.45, 2.75) is 60.0 Å². The number of carbonyl (C=O) groups excluding carboxylic acids is 1. The van der Waals surface area contributed by atoms with Gasteiger partial charge in [-0.15, -0.1) is 0 Å². The van der Waals surface area contributed by atoms with Gasteiger partial charge in [-0.1, -0.05) is 46.7 Å². The molecule has 7 nitrogen and oxygen atoms in total. The van der Waals surface area contributed by atoms with Gasteiger partial charge in [-0.3, -0.25) is 4.79 Å². The average Bonchev–Trinajstić information content (AvgIpc) is 2.96. The first kappa shape index (κ1) is 20.8. The third-order valence-electron chi connectivity index (χ3n) is 4.35. The maximum absolute atomic E-state index is 12.5. The molecule has 1 amide bonds. The molecule has 0 saturated carbocycles. The predicted octanol–water partition coefficient (Wildman–Crippen LogP) is 4.30. The second-order valence-corrected chi connectivity index (χ2v) is 7.98. The first-order valence-corrected chi connectivity index (χ1v) is 9.02. The topological polar surface area (TPSA) is 116 Å². The van der Waals surface area contributed by atoms with E-state index >= 15 is 0 Å². The van der Waals surface area contributed by atoms with E-state index in [2.05, 4.69) is 10.5 Å². The summed E-state index contributed by atoms with van der Waals surface area (Å²) in [6, 6.07) is 2.84. The van der Waals surface area contributed by atoms with Crippen LogP contribution < -0.4 is 5.32 Å². The normalized spacial score (nSPS) is 13.0. The number of nitrogens with one attached hydrogen (secondary N) is 1. The van der Waals surface area contributed by atoms with Crippen molar-refractivity contribution < 1.29 is 24.6 Å². The fourth-order valence-electron chi connectivity index (χ4n) is 2.57. The lowest BCUT2D eigenvalue weighted by Gasteiger charge is -2.19. The van der Waals surface area contributed by atoms with Crippen LogP contribution in [0.2, 0.25) is 0 Å². The highest BCUT2D eigenvalue weighted by Crippen LogP contribution is 2.43. The fraction of sp³-hybridized carbons (Fsp3) is 0.500. The van der Waals surface area contributed by atoms with Crippen LogP contribution in [0.1, 0.15) is 71.2 Å². The number of anilines is 1. The van der Waals surface area contributed by atoms with Crippen molar-refractivity contribution in [2.75, 3.05) is 5.32 Å². The second-order valence-electron chi connectivity index (χ2n) is 7.98. The van der Waals surface area contributed by atoms with Gasteiger partial charge >= 0.3 is 0 Å². The Bertz CT molecular complexity index is 834. The number of phenolic OH excluding ortho intramolecular Hbond substituents is 2. The smallest absolute Gasteiger partial charge is 0.229 e. The summed E-state index contributed by atoms with van der Waals surface area (Å²) < 4.78 is 5.41. The van der Waals surface area contributed by atoms with Gasteiger partial charge in [-0.2, -0.15) is 0 Å². The van der Waals surface area contributed by atoms with Gasteiger partial charge in [0.1, 0.15) is 29.0 Å². The zero-order valence-electron chi connectivity index (χ0n) is 16.6. The molecule has 1 atom stereocenters. The number of phenols is 2. The van der Waals surface area contributed by atoms with E-state index in [4.69, 9.17) is 4.52 Å². The molecule has 0 saturated heterocycles. The van der Waals surface area contributed by atoms with E-state index in [1.807, 2.05) is 13.8 Å².